The van der Waals surface area contributed by atoms with Gasteiger partial charge in [0.2, 0.25) is 0 Å². The summed E-state index contributed by atoms with van der Waals surface area (Å²) in [6, 6.07) is 11.8. The van der Waals surface area contributed by atoms with E-state index in [0.717, 1.165) is 11.4 Å². The third-order valence-corrected chi connectivity index (χ3v) is 4.46. The molecule has 1 N–H and O–H groups in total. The van der Waals surface area contributed by atoms with Crippen LogP contribution in [0.15, 0.2) is 64.6 Å². The highest BCUT2D eigenvalue weighted by Gasteiger charge is 2.38. The summed E-state index contributed by atoms with van der Waals surface area (Å²) >= 11 is 0. The van der Waals surface area contributed by atoms with Crippen LogP contribution >= 0.6 is 0 Å². The molecule has 25 heavy (non-hydrogen) atoms. The average molecular weight is 338 g/mol. The van der Waals surface area contributed by atoms with Gasteiger partial charge in [-0.15, -0.1) is 5.11 Å². The Bertz CT molecular complexity index is 903. The zero-order valence-corrected chi connectivity index (χ0v) is 14.2. The van der Waals surface area contributed by atoms with Gasteiger partial charge >= 0.3 is 0 Å². The summed E-state index contributed by atoms with van der Waals surface area (Å²) in [5, 5.41) is 28.6. The molecule has 0 aromatic heterocycles. The van der Waals surface area contributed by atoms with Crippen molar-refractivity contribution >= 4 is 17.1 Å². The molecule has 0 bridgehead atoms. The van der Waals surface area contributed by atoms with Crippen LogP contribution in [-0.4, -0.2) is 17.1 Å². The molecule has 7 nitrogen and oxygen atoms in total. The number of likely N-dealkylation sites (N-methyl/N-ethyl adjacent to an activating group) is 1. The summed E-state index contributed by atoms with van der Waals surface area (Å²) in [5.74, 6) is -0.157. The number of anilines is 1. The molecule has 1 heterocycles. The Kier molecular flexibility index (Phi) is 4.00. The zero-order valence-electron chi connectivity index (χ0n) is 14.2. The molecule has 1 aliphatic rings. The number of fused-ring (bicyclic) bond motifs is 1. The highest BCUT2D eigenvalue weighted by atomic mass is 16.6. The maximum atomic E-state index is 10.8. The molecule has 7 heteroatoms. The summed E-state index contributed by atoms with van der Waals surface area (Å²) in [7, 11) is 1.96. The molecule has 3 rings (SSSR count). The van der Waals surface area contributed by atoms with Crippen molar-refractivity contribution in [2.45, 2.75) is 19.3 Å². The van der Waals surface area contributed by atoms with Crippen LogP contribution in [0, 0.1) is 10.1 Å². The number of non-ortho nitro benzene ring substituents is 1. The Morgan fingerprint density at radius 2 is 1.96 bits per heavy atom. The number of benzene rings is 2. The van der Waals surface area contributed by atoms with Gasteiger partial charge in [-0.1, -0.05) is 32.0 Å². The molecule has 2 aromatic carbocycles. The number of nitro groups is 1. The molecule has 0 saturated carbocycles. The van der Waals surface area contributed by atoms with Crippen LogP contribution in [0.3, 0.4) is 0 Å². The molecule has 0 saturated heterocycles. The summed E-state index contributed by atoms with van der Waals surface area (Å²) in [6.45, 7) is 4.20. The number of nitrogens with zero attached hydrogens (tertiary/aromatic N) is 4. The second-order valence-corrected chi connectivity index (χ2v) is 6.36. The van der Waals surface area contributed by atoms with Crippen LogP contribution in [0.25, 0.3) is 0 Å². The lowest BCUT2D eigenvalue weighted by Gasteiger charge is -2.22. The molecular formula is C18H18N4O3. The standard InChI is InChI=1S/C18H18N4O3/c1-18(2)13-6-4-5-7-15(13)21(3)17(18)11-19-20-14-10-12(22(24)25)8-9-16(14)23/h4-11,23H,1-3H3. The number of phenols is 1. The Labute approximate surface area is 145 Å². The average Bonchev–Trinajstić information content (AvgIpc) is 2.77. The number of azo groups is 1. The molecule has 0 spiro atoms. The minimum atomic E-state index is -0.540. The van der Waals surface area contributed by atoms with Gasteiger partial charge in [0.25, 0.3) is 5.69 Å². The summed E-state index contributed by atoms with van der Waals surface area (Å²) in [4.78, 5) is 12.3. The van der Waals surface area contributed by atoms with E-state index in [2.05, 4.69) is 30.1 Å². The van der Waals surface area contributed by atoms with E-state index in [0.29, 0.717) is 0 Å². The second kappa shape index (κ2) is 6.01. The van der Waals surface area contributed by atoms with Gasteiger partial charge < -0.3 is 10.0 Å². The van der Waals surface area contributed by atoms with Gasteiger partial charge in [0.15, 0.2) is 0 Å². The lowest BCUT2D eigenvalue weighted by Crippen LogP contribution is -2.22. The molecule has 1 aliphatic heterocycles. The maximum absolute atomic E-state index is 10.8. The Morgan fingerprint density at radius 1 is 1.24 bits per heavy atom. The third kappa shape index (κ3) is 2.84. The summed E-state index contributed by atoms with van der Waals surface area (Å²) < 4.78 is 0. The predicted molar refractivity (Wildman–Crippen MR) is 95.2 cm³/mol. The van der Waals surface area contributed by atoms with E-state index < -0.39 is 4.92 Å². The smallest absolute Gasteiger partial charge is 0.271 e. The highest BCUT2D eigenvalue weighted by molar-refractivity contribution is 5.69. The van der Waals surface area contributed by atoms with Crippen molar-refractivity contribution in [2.75, 3.05) is 11.9 Å². The fourth-order valence-corrected chi connectivity index (χ4v) is 3.08. The molecule has 0 aliphatic carbocycles. The lowest BCUT2D eigenvalue weighted by atomic mass is 9.84. The molecule has 0 atom stereocenters. The molecular weight excluding hydrogens is 320 g/mol. The Balaban J connectivity index is 1.94. The fraction of sp³-hybridized carbons (Fsp3) is 0.222. The van der Waals surface area contributed by atoms with Gasteiger partial charge in [-0.2, -0.15) is 5.11 Å². The first-order valence-electron chi connectivity index (χ1n) is 7.74. The summed E-state index contributed by atoms with van der Waals surface area (Å²) in [6.07, 6.45) is 1.62. The van der Waals surface area contributed by atoms with E-state index in [1.54, 1.807) is 6.20 Å². The van der Waals surface area contributed by atoms with Crippen molar-refractivity contribution in [3.8, 4) is 5.75 Å². The van der Waals surface area contributed by atoms with E-state index in [1.165, 1.54) is 23.8 Å². The monoisotopic (exact) mass is 338 g/mol. The lowest BCUT2D eigenvalue weighted by molar-refractivity contribution is -0.384. The number of rotatable bonds is 3. The van der Waals surface area contributed by atoms with Gasteiger partial charge in [-0.3, -0.25) is 10.1 Å². The number of hydrogen-bond donors (Lipinski definition) is 1. The quantitative estimate of drug-likeness (QED) is 0.501. The van der Waals surface area contributed by atoms with Crippen molar-refractivity contribution in [1.29, 1.82) is 0 Å². The molecule has 128 valence electrons. The molecule has 2 aromatic rings. The summed E-state index contributed by atoms with van der Waals surface area (Å²) in [5.41, 5.74) is 2.91. The number of phenolic OH excluding ortho intramolecular Hbond substituents is 1. The van der Waals surface area contributed by atoms with Crippen molar-refractivity contribution < 1.29 is 10.0 Å². The van der Waals surface area contributed by atoms with E-state index in [1.807, 2.05) is 30.1 Å². The SMILES string of the molecule is CN1C(=CN=Nc2cc([N+](=O)[O-])ccc2O)C(C)(C)c2ccccc21. The van der Waals surface area contributed by atoms with Crippen molar-refractivity contribution in [2.24, 2.45) is 10.2 Å². The van der Waals surface area contributed by atoms with Crippen LogP contribution in [0.1, 0.15) is 19.4 Å². The molecule has 0 radical (unpaired) electrons. The van der Waals surface area contributed by atoms with Crippen LogP contribution in [0.2, 0.25) is 0 Å². The Hall–Kier alpha value is -3.22. The predicted octanol–water partition coefficient (Wildman–Crippen LogP) is 4.65. The van der Waals surface area contributed by atoms with Crippen LogP contribution in [-0.2, 0) is 5.41 Å². The maximum Gasteiger partial charge on any atom is 0.271 e. The van der Waals surface area contributed by atoms with Gasteiger partial charge in [0.1, 0.15) is 11.4 Å². The normalized spacial score (nSPS) is 17.2. The zero-order chi connectivity index (χ0) is 18.2. The van der Waals surface area contributed by atoms with Crippen molar-refractivity contribution in [3.63, 3.8) is 0 Å². The fourth-order valence-electron chi connectivity index (χ4n) is 3.08. The van der Waals surface area contributed by atoms with E-state index in [9.17, 15) is 15.2 Å². The van der Waals surface area contributed by atoms with Gasteiger partial charge in [0.05, 0.1) is 11.1 Å². The van der Waals surface area contributed by atoms with E-state index in [-0.39, 0.29) is 22.5 Å². The topological polar surface area (TPSA) is 91.3 Å². The van der Waals surface area contributed by atoms with Gasteiger partial charge in [-0.25, -0.2) is 0 Å². The first kappa shape index (κ1) is 16.6. The number of allylic oxidation sites excluding steroid dienone is 1. The number of hydrogen-bond acceptors (Lipinski definition) is 6. The highest BCUT2D eigenvalue weighted by Crippen LogP contribution is 2.46. The first-order valence-corrected chi connectivity index (χ1v) is 7.74. The van der Waals surface area contributed by atoms with Crippen LogP contribution < -0.4 is 4.90 Å². The van der Waals surface area contributed by atoms with Crippen LogP contribution in [0.5, 0.6) is 5.75 Å². The number of para-hydroxylation sites is 1. The van der Waals surface area contributed by atoms with E-state index in [4.69, 9.17) is 0 Å². The van der Waals surface area contributed by atoms with Crippen molar-refractivity contribution in [1.82, 2.24) is 0 Å². The Morgan fingerprint density at radius 3 is 2.64 bits per heavy atom. The van der Waals surface area contributed by atoms with Crippen molar-refractivity contribution in [3.05, 3.63) is 70.0 Å². The van der Waals surface area contributed by atoms with Crippen LogP contribution in [0.4, 0.5) is 17.1 Å². The first-order chi connectivity index (χ1) is 11.8. The molecule has 0 amide bonds. The molecule has 0 fully saturated rings. The van der Waals surface area contributed by atoms with Gasteiger partial charge in [0, 0.05) is 36.0 Å². The minimum absolute atomic E-state index is 0.0574. The second-order valence-electron chi connectivity index (χ2n) is 6.36. The molecule has 0 unspecified atom stereocenters. The van der Waals surface area contributed by atoms with E-state index >= 15 is 0 Å². The minimum Gasteiger partial charge on any atom is -0.506 e. The third-order valence-electron chi connectivity index (χ3n) is 4.46. The number of aromatic hydroxyl groups is 1. The number of nitro benzene ring substituents is 1. The van der Waals surface area contributed by atoms with Gasteiger partial charge in [-0.05, 0) is 17.7 Å². The largest absolute Gasteiger partial charge is 0.506 e.